The van der Waals surface area contributed by atoms with Crippen LogP contribution in [-0.2, 0) is 4.74 Å². The topological polar surface area (TPSA) is 50.4 Å². The van der Waals surface area contributed by atoms with E-state index in [-0.39, 0.29) is 11.9 Å². The molecule has 27 heavy (non-hydrogen) atoms. The minimum absolute atomic E-state index is 0.00375. The Morgan fingerprint density at radius 3 is 2.67 bits per heavy atom. The SMILES string of the molecule is Cc1sc(C(=O)NC2CCC(F)(P)CC2)cc1C1CC1NC1CCOCC1. The molecule has 1 aliphatic heterocycles. The van der Waals surface area contributed by atoms with Crippen LogP contribution in [0.3, 0.4) is 0 Å². The van der Waals surface area contributed by atoms with Crippen molar-refractivity contribution in [2.45, 2.75) is 81.3 Å². The highest BCUT2D eigenvalue weighted by molar-refractivity contribution is 7.18. The predicted molar refractivity (Wildman–Crippen MR) is 110 cm³/mol. The van der Waals surface area contributed by atoms with E-state index in [0.29, 0.717) is 43.7 Å². The largest absolute Gasteiger partial charge is 0.381 e. The van der Waals surface area contributed by atoms with E-state index >= 15 is 0 Å². The van der Waals surface area contributed by atoms with Gasteiger partial charge in [-0.15, -0.1) is 11.3 Å². The van der Waals surface area contributed by atoms with Gasteiger partial charge in [0.25, 0.3) is 5.91 Å². The standard InChI is InChI=1S/C20H30FN2O2PS/c1-12-15(16-10-17(16)22-14-4-8-25-9-5-14)11-18(27-12)19(24)23-13-2-6-20(21,26)7-3-13/h11,13-14,16-17,22H,2-10,26H2,1H3,(H,23,24). The third-order valence-electron chi connectivity index (χ3n) is 6.19. The second-order valence-corrected chi connectivity index (χ2v) is 10.7. The number of halogens is 1. The molecule has 0 aromatic carbocycles. The Bertz CT molecular complexity index is 680. The lowest BCUT2D eigenvalue weighted by Crippen LogP contribution is -2.39. The van der Waals surface area contributed by atoms with Crippen molar-refractivity contribution in [1.82, 2.24) is 10.6 Å². The second-order valence-electron chi connectivity index (χ2n) is 8.41. The van der Waals surface area contributed by atoms with E-state index in [9.17, 15) is 9.18 Å². The predicted octanol–water partition coefficient (Wildman–Crippen LogP) is 3.89. The summed E-state index contributed by atoms with van der Waals surface area (Å²) in [6.45, 7) is 3.84. The average Bonchev–Trinajstić information content (AvgIpc) is 3.28. The maximum absolute atomic E-state index is 13.9. The number of hydrogen-bond donors (Lipinski definition) is 2. The van der Waals surface area contributed by atoms with Gasteiger partial charge in [-0.3, -0.25) is 4.79 Å². The van der Waals surface area contributed by atoms with Crippen molar-refractivity contribution < 1.29 is 13.9 Å². The van der Waals surface area contributed by atoms with Crippen molar-refractivity contribution in [3.63, 3.8) is 0 Å². The number of hydrogen-bond acceptors (Lipinski definition) is 4. The number of carbonyl (C=O) groups excluding carboxylic acids is 1. The highest BCUT2D eigenvalue weighted by atomic mass is 32.1. The number of rotatable bonds is 5. The highest BCUT2D eigenvalue weighted by Gasteiger charge is 2.41. The average molecular weight is 413 g/mol. The molecule has 1 aromatic rings. The number of ether oxygens (including phenoxy) is 1. The first-order chi connectivity index (χ1) is 12.9. The molecule has 1 amide bonds. The molecule has 0 bridgehead atoms. The molecule has 3 aliphatic rings. The third-order valence-corrected chi connectivity index (χ3v) is 7.84. The fraction of sp³-hybridized carbons (Fsp3) is 0.750. The van der Waals surface area contributed by atoms with Gasteiger partial charge in [-0.1, -0.05) is 9.24 Å². The molecule has 3 atom stereocenters. The number of nitrogens with one attached hydrogen (secondary N) is 2. The van der Waals surface area contributed by atoms with E-state index in [4.69, 9.17) is 4.74 Å². The molecule has 1 aromatic heterocycles. The van der Waals surface area contributed by atoms with Crippen LogP contribution in [0.15, 0.2) is 6.07 Å². The summed E-state index contributed by atoms with van der Waals surface area (Å²) < 4.78 is 19.3. The monoisotopic (exact) mass is 412 g/mol. The zero-order valence-corrected chi connectivity index (χ0v) is 17.9. The van der Waals surface area contributed by atoms with Crippen molar-refractivity contribution in [3.05, 3.63) is 21.4 Å². The highest BCUT2D eigenvalue weighted by Crippen LogP contribution is 2.45. The Kier molecular flexibility index (Phi) is 5.90. The molecule has 0 radical (unpaired) electrons. The minimum Gasteiger partial charge on any atom is -0.381 e. The van der Waals surface area contributed by atoms with E-state index in [0.717, 1.165) is 37.4 Å². The van der Waals surface area contributed by atoms with Gasteiger partial charge in [0.05, 0.1) is 4.88 Å². The zero-order chi connectivity index (χ0) is 19.0. The van der Waals surface area contributed by atoms with Crippen LogP contribution in [0.1, 0.15) is 71.0 Å². The first-order valence-corrected chi connectivity index (χ1v) is 11.5. The Hall–Kier alpha value is -0.550. The maximum Gasteiger partial charge on any atom is 0.261 e. The zero-order valence-electron chi connectivity index (χ0n) is 15.9. The molecular formula is C20H30FN2O2PS. The van der Waals surface area contributed by atoms with E-state index in [1.165, 1.54) is 10.4 Å². The first-order valence-electron chi connectivity index (χ1n) is 10.1. The van der Waals surface area contributed by atoms with Crippen LogP contribution in [0.4, 0.5) is 4.39 Å². The molecule has 150 valence electrons. The normalized spacial score (nSPS) is 34.4. The maximum atomic E-state index is 13.9. The van der Waals surface area contributed by atoms with E-state index in [1.807, 2.05) is 0 Å². The number of amides is 1. The molecule has 2 saturated carbocycles. The van der Waals surface area contributed by atoms with Gasteiger partial charge in [-0.25, -0.2) is 4.39 Å². The van der Waals surface area contributed by atoms with Gasteiger partial charge in [0.2, 0.25) is 0 Å². The smallest absolute Gasteiger partial charge is 0.261 e. The van der Waals surface area contributed by atoms with Gasteiger partial charge in [0.1, 0.15) is 5.41 Å². The van der Waals surface area contributed by atoms with Crippen molar-refractivity contribution >= 4 is 26.5 Å². The van der Waals surface area contributed by atoms with Crippen LogP contribution in [0.2, 0.25) is 0 Å². The quantitative estimate of drug-likeness (QED) is 0.722. The lowest BCUT2D eigenvalue weighted by molar-refractivity contribution is 0.0774. The number of aryl methyl sites for hydroxylation is 1. The van der Waals surface area contributed by atoms with Crippen LogP contribution in [0.25, 0.3) is 0 Å². The Balaban J connectivity index is 1.31. The fourth-order valence-corrected chi connectivity index (χ4v) is 5.69. The van der Waals surface area contributed by atoms with Crippen LogP contribution >= 0.6 is 20.6 Å². The molecule has 2 N–H and O–H groups in total. The Morgan fingerprint density at radius 2 is 1.96 bits per heavy atom. The van der Waals surface area contributed by atoms with Gasteiger partial charge in [-0.2, -0.15) is 0 Å². The van der Waals surface area contributed by atoms with Gasteiger partial charge in [0.15, 0.2) is 0 Å². The van der Waals surface area contributed by atoms with Crippen molar-refractivity contribution in [1.29, 1.82) is 0 Å². The van der Waals surface area contributed by atoms with Crippen LogP contribution in [-0.4, -0.2) is 42.7 Å². The summed E-state index contributed by atoms with van der Waals surface area (Å²) in [5.41, 5.74) is 1.33. The number of thiophene rings is 1. The van der Waals surface area contributed by atoms with Crippen molar-refractivity contribution in [3.8, 4) is 0 Å². The van der Waals surface area contributed by atoms with Crippen LogP contribution in [0, 0.1) is 6.92 Å². The molecule has 3 unspecified atom stereocenters. The lowest BCUT2D eigenvalue weighted by atomic mass is 9.93. The lowest BCUT2D eigenvalue weighted by Gasteiger charge is -2.31. The molecule has 4 rings (SSSR count). The molecule has 3 fully saturated rings. The van der Waals surface area contributed by atoms with E-state index < -0.39 is 5.41 Å². The molecule has 4 nitrogen and oxygen atoms in total. The number of carbonyl (C=O) groups is 1. The molecule has 7 heteroatoms. The summed E-state index contributed by atoms with van der Waals surface area (Å²) in [6, 6.07) is 3.29. The Labute approximate surface area is 167 Å². The summed E-state index contributed by atoms with van der Waals surface area (Å²) in [5, 5.41) is 5.74. The summed E-state index contributed by atoms with van der Waals surface area (Å²) in [6.07, 6.45) is 5.77. The summed E-state index contributed by atoms with van der Waals surface area (Å²) in [7, 11) is 2.31. The summed E-state index contributed by atoms with van der Waals surface area (Å²) in [5.74, 6) is 0.536. The van der Waals surface area contributed by atoms with Crippen molar-refractivity contribution in [2.24, 2.45) is 0 Å². The van der Waals surface area contributed by atoms with E-state index in [1.54, 1.807) is 11.3 Å². The van der Waals surface area contributed by atoms with Gasteiger partial charge in [-0.05, 0) is 63.5 Å². The molecule has 1 saturated heterocycles. The van der Waals surface area contributed by atoms with Crippen LogP contribution in [0.5, 0.6) is 0 Å². The molecule has 2 heterocycles. The summed E-state index contributed by atoms with van der Waals surface area (Å²) in [4.78, 5) is 14.7. The molecule has 0 spiro atoms. The molecule has 2 aliphatic carbocycles. The third kappa shape index (κ3) is 4.90. The molecular weight excluding hydrogens is 382 g/mol. The number of alkyl halides is 1. The van der Waals surface area contributed by atoms with Gasteiger partial charge < -0.3 is 15.4 Å². The summed E-state index contributed by atoms with van der Waals surface area (Å²) >= 11 is 1.59. The van der Waals surface area contributed by atoms with Gasteiger partial charge >= 0.3 is 0 Å². The Morgan fingerprint density at radius 1 is 1.26 bits per heavy atom. The minimum atomic E-state index is -1.15. The first kappa shape index (κ1) is 19.8. The van der Waals surface area contributed by atoms with E-state index in [2.05, 4.69) is 32.9 Å². The van der Waals surface area contributed by atoms with Gasteiger partial charge in [0, 0.05) is 42.1 Å². The fourth-order valence-electron chi connectivity index (χ4n) is 4.36. The second kappa shape index (κ2) is 8.06. The van der Waals surface area contributed by atoms with Crippen LogP contribution < -0.4 is 10.6 Å². The van der Waals surface area contributed by atoms with Crippen molar-refractivity contribution in [2.75, 3.05) is 13.2 Å².